The molecule has 1 aliphatic heterocycles. The Morgan fingerprint density at radius 3 is 2.41 bits per heavy atom. The first-order valence-corrected chi connectivity index (χ1v) is 10.9. The number of thiocarbonyl (C=S) groups is 1. The molecule has 0 spiro atoms. The standard InChI is InChI=1S/C25H19F3N4OS/c26-25(27,28)16-5-3-6-18(15-16)31-14-4-8-21(31)23-22(20-7-1-2-13-29-20)30-24(34)32(23)17-9-11-19(33)12-10-17/h1-15,22-23,33H,(H,30,34). The van der Waals surface area contributed by atoms with Gasteiger partial charge >= 0.3 is 6.18 Å². The van der Waals surface area contributed by atoms with Gasteiger partial charge in [-0.1, -0.05) is 12.1 Å². The largest absolute Gasteiger partial charge is 0.508 e. The van der Waals surface area contributed by atoms with E-state index in [9.17, 15) is 18.3 Å². The lowest BCUT2D eigenvalue weighted by Crippen LogP contribution is -2.30. The van der Waals surface area contributed by atoms with Crippen LogP contribution in [0.1, 0.15) is 29.0 Å². The highest BCUT2D eigenvalue weighted by atomic mass is 32.1. The van der Waals surface area contributed by atoms with Gasteiger partial charge in [-0.05, 0) is 78.9 Å². The van der Waals surface area contributed by atoms with Crippen LogP contribution in [0.2, 0.25) is 0 Å². The Morgan fingerprint density at radius 2 is 1.71 bits per heavy atom. The van der Waals surface area contributed by atoms with Gasteiger partial charge in [-0.3, -0.25) is 4.98 Å². The molecule has 9 heteroatoms. The number of hydrogen-bond acceptors (Lipinski definition) is 3. The average Bonchev–Trinajstić information content (AvgIpc) is 3.44. The van der Waals surface area contributed by atoms with Crippen LogP contribution in [0.15, 0.2) is 91.3 Å². The number of aromatic nitrogens is 2. The van der Waals surface area contributed by atoms with Crippen LogP contribution < -0.4 is 10.2 Å². The number of anilines is 1. The quantitative estimate of drug-likeness (QED) is 0.363. The van der Waals surface area contributed by atoms with Gasteiger partial charge in [0.25, 0.3) is 0 Å². The summed E-state index contributed by atoms with van der Waals surface area (Å²) < 4.78 is 41.9. The maximum absolute atomic E-state index is 13.4. The molecule has 2 unspecified atom stereocenters. The minimum Gasteiger partial charge on any atom is -0.508 e. The van der Waals surface area contributed by atoms with E-state index in [1.54, 1.807) is 53.4 Å². The van der Waals surface area contributed by atoms with Crippen molar-refractivity contribution < 1.29 is 18.3 Å². The summed E-state index contributed by atoms with van der Waals surface area (Å²) in [7, 11) is 0. The van der Waals surface area contributed by atoms with E-state index in [0.29, 0.717) is 10.8 Å². The first-order chi connectivity index (χ1) is 16.3. The maximum Gasteiger partial charge on any atom is 0.416 e. The van der Waals surface area contributed by atoms with Crippen LogP contribution in [0.25, 0.3) is 5.69 Å². The normalized spacial score (nSPS) is 18.2. The second-order valence-electron chi connectivity index (χ2n) is 7.86. The van der Waals surface area contributed by atoms with Crippen LogP contribution >= 0.6 is 12.2 Å². The third-order valence-electron chi connectivity index (χ3n) is 5.76. The topological polar surface area (TPSA) is 53.3 Å². The van der Waals surface area contributed by atoms with Crippen molar-refractivity contribution in [3.63, 3.8) is 0 Å². The highest BCUT2D eigenvalue weighted by molar-refractivity contribution is 7.80. The number of aromatic hydroxyl groups is 1. The fraction of sp³-hybridized carbons (Fsp3) is 0.120. The smallest absolute Gasteiger partial charge is 0.416 e. The second-order valence-corrected chi connectivity index (χ2v) is 8.25. The molecule has 0 radical (unpaired) electrons. The van der Waals surface area contributed by atoms with Crippen LogP contribution in [-0.4, -0.2) is 19.8 Å². The predicted molar refractivity (Wildman–Crippen MR) is 127 cm³/mol. The van der Waals surface area contributed by atoms with E-state index >= 15 is 0 Å². The van der Waals surface area contributed by atoms with Crippen molar-refractivity contribution in [1.29, 1.82) is 0 Å². The molecular formula is C25H19F3N4OS. The Kier molecular flexibility index (Phi) is 5.49. The van der Waals surface area contributed by atoms with E-state index in [4.69, 9.17) is 12.2 Å². The summed E-state index contributed by atoms with van der Waals surface area (Å²) in [5.41, 5.74) is 1.87. The van der Waals surface area contributed by atoms with Gasteiger partial charge in [0, 0.05) is 29.5 Å². The van der Waals surface area contributed by atoms with E-state index in [1.165, 1.54) is 6.07 Å². The Hall–Kier alpha value is -3.85. The minimum atomic E-state index is -4.45. The first-order valence-electron chi connectivity index (χ1n) is 10.5. The van der Waals surface area contributed by atoms with E-state index in [0.717, 1.165) is 29.2 Å². The molecule has 2 aromatic carbocycles. The molecule has 0 aliphatic carbocycles. The highest BCUT2D eigenvalue weighted by Crippen LogP contribution is 2.42. The van der Waals surface area contributed by atoms with Crippen molar-refractivity contribution in [2.45, 2.75) is 18.3 Å². The number of halogens is 3. The molecule has 4 aromatic rings. The van der Waals surface area contributed by atoms with Crippen molar-refractivity contribution in [2.24, 2.45) is 0 Å². The zero-order chi connectivity index (χ0) is 23.9. The lowest BCUT2D eigenvalue weighted by molar-refractivity contribution is -0.137. The number of nitrogens with zero attached hydrogens (tertiary/aromatic N) is 3. The van der Waals surface area contributed by atoms with E-state index in [2.05, 4.69) is 10.3 Å². The third-order valence-corrected chi connectivity index (χ3v) is 6.08. The molecule has 0 bridgehead atoms. The number of alkyl halides is 3. The Labute approximate surface area is 199 Å². The van der Waals surface area contributed by atoms with Gasteiger partial charge in [-0.2, -0.15) is 13.2 Å². The second kappa shape index (κ2) is 8.49. The number of phenolic OH excluding ortho intramolecular Hbond substituents is 1. The van der Waals surface area contributed by atoms with Gasteiger partial charge < -0.3 is 19.9 Å². The molecule has 5 nitrogen and oxygen atoms in total. The number of rotatable bonds is 4. The van der Waals surface area contributed by atoms with Gasteiger partial charge in [-0.15, -0.1) is 0 Å². The van der Waals surface area contributed by atoms with Gasteiger partial charge in [0.15, 0.2) is 5.11 Å². The van der Waals surface area contributed by atoms with E-state index in [1.807, 2.05) is 29.2 Å². The summed E-state index contributed by atoms with van der Waals surface area (Å²) in [5, 5.41) is 13.5. The van der Waals surface area contributed by atoms with Crippen LogP contribution in [0.3, 0.4) is 0 Å². The number of benzene rings is 2. The summed E-state index contributed by atoms with van der Waals surface area (Å²) in [4.78, 5) is 6.40. The molecule has 5 rings (SSSR count). The molecule has 2 atom stereocenters. The van der Waals surface area contributed by atoms with Crippen LogP contribution in [0.5, 0.6) is 5.75 Å². The van der Waals surface area contributed by atoms with Gasteiger partial charge in [0.2, 0.25) is 0 Å². The van der Waals surface area contributed by atoms with Crippen LogP contribution in [0, 0.1) is 0 Å². The fourth-order valence-corrected chi connectivity index (χ4v) is 4.59. The Balaban J connectivity index is 1.66. The summed E-state index contributed by atoms with van der Waals surface area (Å²) in [6, 6.07) is 20.3. The van der Waals surface area contributed by atoms with Crippen LogP contribution in [-0.2, 0) is 6.18 Å². The van der Waals surface area contributed by atoms with E-state index < -0.39 is 17.8 Å². The van der Waals surface area contributed by atoms with E-state index in [-0.39, 0.29) is 11.8 Å². The predicted octanol–water partition coefficient (Wildman–Crippen LogP) is 5.77. The lowest BCUT2D eigenvalue weighted by atomic mass is 10.0. The number of pyridine rings is 1. The third kappa shape index (κ3) is 3.99. The van der Waals surface area contributed by atoms with Gasteiger partial charge in [-0.25, -0.2) is 0 Å². The molecule has 1 fully saturated rings. The SMILES string of the molecule is Oc1ccc(N2C(=S)NC(c3ccccn3)C2c2cccn2-c2cccc(C(F)(F)F)c2)cc1. The zero-order valence-corrected chi connectivity index (χ0v) is 18.5. The summed E-state index contributed by atoms with van der Waals surface area (Å²) in [6.07, 6.45) is -1.03. The first kappa shape index (κ1) is 22.0. The molecule has 1 saturated heterocycles. The average molecular weight is 481 g/mol. The molecule has 2 N–H and O–H groups in total. The minimum absolute atomic E-state index is 0.118. The summed E-state index contributed by atoms with van der Waals surface area (Å²) >= 11 is 5.68. The molecule has 3 heterocycles. The summed E-state index contributed by atoms with van der Waals surface area (Å²) in [5.74, 6) is 0.118. The van der Waals surface area contributed by atoms with Gasteiger partial charge in [0.1, 0.15) is 11.8 Å². The molecule has 1 aliphatic rings. The molecule has 0 amide bonds. The number of nitrogens with one attached hydrogen (secondary N) is 1. The van der Waals surface area contributed by atoms with Crippen molar-refractivity contribution in [3.8, 4) is 11.4 Å². The van der Waals surface area contributed by atoms with Gasteiger partial charge in [0.05, 0.1) is 17.3 Å². The monoisotopic (exact) mass is 480 g/mol. The zero-order valence-electron chi connectivity index (χ0n) is 17.6. The molecule has 0 saturated carbocycles. The Bertz CT molecular complexity index is 1320. The highest BCUT2D eigenvalue weighted by Gasteiger charge is 2.42. The molecule has 34 heavy (non-hydrogen) atoms. The lowest BCUT2D eigenvalue weighted by Gasteiger charge is -2.29. The maximum atomic E-state index is 13.4. The number of phenols is 1. The fourth-order valence-electron chi connectivity index (χ4n) is 4.25. The summed E-state index contributed by atoms with van der Waals surface area (Å²) in [6.45, 7) is 0. The molecule has 2 aromatic heterocycles. The molecular weight excluding hydrogens is 461 g/mol. The van der Waals surface area contributed by atoms with Crippen molar-refractivity contribution in [3.05, 3.63) is 108 Å². The van der Waals surface area contributed by atoms with Crippen LogP contribution in [0.4, 0.5) is 18.9 Å². The van der Waals surface area contributed by atoms with Crippen molar-refractivity contribution >= 4 is 23.0 Å². The Morgan fingerprint density at radius 1 is 0.912 bits per heavy atom. The molecule has 172 valence electrons. The van der Waals surface area contributed by atoms with Crippen molar-refractivity contribution in [2.75, 3.05) is 4.90 Å². The van der Waals surface area contributed by atoms with Crippen molar-refractivity contribution in [1.82, 2.24) is 14.9 Å². The number of hydrogen-bond donors (Lipinski definition) is 2.